The molecule has 0 aliphatic rings. The molecular weight excluding hydrogens is 230 g/mol. The third-order valence-electron chi connectivity index (χ3n) is 2.86. The SMILES string of the molecule is CNC(C)c1cc(C)ccc1OCC(O)COC. The van der Waals surface area contributed by atoms with Gasteiger partial charge < -0.3 is 19.9 Å². The van der Waals surface area contributed by atoms with Crippen molar-refractivity contribution in [3.63, 3.8) is 0 Å². The van der Waals surface area contributed by atoms with E-state index in [9.17, 15) is 5.11 Å². The summed E-state index contributed by atoms with van der Waals surface area (Å²) in [5.74, 6) is 0.803. The Morgan fingerprint density at radius 3 is 2.67 bits per heavy atom. The predicted molar refractivity (Wildman–Crippen MR) is 72.0 cm³/mol. The molecular formula is C14H23NO3. The molecule has 1 aromatic rings. The molecule has 1 aromatic carbocycles. The maximum Gasteiger partial charge on any atom is 0.124 e. The van der Waals surface area contributed by atoms with Gasteiger partial charge in [0.25, 0.3) is 0 Å². The molecule has 4 nitrogen and oxygen atoms in total. The molecule has 0 aliphatic heterocycles. The van der Waals surface area contributed by atoms with Crippen molar-refractivity contribution in [2.24, 2.45) is 0 Å². The summed E-state index contributed by atoms with van der Waals surface area (Å²) in [6.07, 6.45) is -0.603. The predicted octanol–water partition coefficient (Wildman–Crippen LogP) is 1.66. The van der Waals surface area contributed by atoms with Gasteiger partial charge in [0.15, 0.2) is 0 Å². The number of hydrogen-bond donors (Lipinski definition) is 2. The Morgan fingerprint density at radius 2 is 2.06 bits per heavy atom. The third kappa shape index (κ3) is 4.29. The molecule has 0 amide bonds. The zero-order valence-corrected chi connectivity index (χ0v) is 11.6. The molecule has 0 saturated carbocycles. The molecule has 18 heavy (non-hydrogen) atoms. The van der Waals surface area contributed by atoms with Gasteiger partial charge in [0.2, 0.25) is 0 Å². The molecule has 0 aromatic heterocycles. The minimum absolute atomic E-state index is 0.208. The van der Waals surface area contributed by atoms with Crippen LogP contribution in [0.2, 0.25) is 0 Å². The summed E-state index contributed by atoms with van der Waals surface area (Å²) in [4.78, 5) is 0. The van der Waals surface area contributed by atoms with Crippen LogP contribution in [0.25, 0.3) is 0 Å². The number of ether oxygens (including phenoxy) is 2. The van der Waals surface area contributed by atoms with Crippen LogP contribution in [0.5, 0.6) is 5.75 Å². The highest BCUT2D eigenvalue weighted by Crippen LogP contribution is 2.26. The second kappa shape index (κ2) is 7.36. The highest BCUT2D eigenvalue weighted by atomic mass is 16.5. The summed E-state index contributed by atoms with van der Waals surface area (Å²) in [6, 6.07) is 6.25. The minimum Gasteiger partial charge on any atom is -0.490 e. The lowest BCUT2D eigenvalue weighted by atomic mass is 10.0. The molecule has 0 saturated heterocycles. The van der Waals surface area contributed by atoms with Crippen LogP contribution in [-0.4, -0.2) is 38.6 Å². The molecule has 0 radical (unpaired) electrons. The normalized spacial score (nSPS) is 14.3. The van der Waals surface area contributed by atoms with Gasteiger partial charge >= 0.3 is 0 Å². The highest BCUT2D eigenvalue weighted by Gasteiger charge is 2.12. The van der Waals surface area contributed by atoms with Gasteiger partial charge in [-0.15, -0.1) is 0 Å². The molecule has 1 rings (SSSR count). The van der Waals surface area contributed by atoms with E-state index >= 15 is 0 Å². The summed E-state index contributed by atoms with van der Waals surface area (Å²) < 4.78 is 10.5. The van der Waals surface area contributed by atoms with E-state index in [2.05, 4.69) is 25.2 Å². The topological polar surface area (TPSA) is 50.7 Å². The first-order valence-electron chi connectivity index (χ1n) is 6.16. The lowest BCUT2D eigenvalue weighted by Crippen LogP contribution is -2.23. The van der Waals surface area contributed by atoms with E-state index in [0.717, 1.165) is 11.3 Å². The Kier molecular flexibility index (Phi) is 6.12. The number of aryl methyl sites for hydroxylation is 1. The number of aliphatic hydroxyl groups is 1. The second-order valence-corrected chi connectivity index (χ2v) is 4.47. The van der Waals surface area contributed by atoms with E-state index < -0.39 is 6.10 Å². The number of benzene rings is 1. The summed E-state index contributed by atoms with van der Waals surface area (Å²) in [7, 11) is 3.47. The molecule has 2 N–H and O–H groups in total. The van der Waals surface area contributed by atoms with Crippen LogP contribution >= 0.6 is 0 Å². The zero-order chi connectivity index (χ0) is 13.5. The van der Waals surface area contributed by atoms with E-state index in [4.69, 9.17) is 9.47 Å². The molecule has 2 unspecified atom stereocenters. The smallest absolute Gasteiger partial charge is 0.124 e. The Bertz CT molecular complexity index is 368. The molecule has 0 heterocycles. The van der Waals surface area contributed by atoms with Gasteiger partial charge in [-0.1, -0.05) is 17.7 Å². The van der Waals surface area contributed by atoms with Crippen LogP contribution in [0.3, 0.4) is 0 Å². The average Bonchev–Trinajstić information content (AvgIpc) is 2.36. The van der Waals surface area contributed by atoms with E-state index in [1.807, 2.05) is 19.2 Å². The average molecular weight is 253 g/mol. The van der Waals surface area contributed by atoms with Crippen molar-refractivity contribution in [2.75, 3.05) is 27.4 Å². The zero-order valence-electron chi connectivity index (χ0n) is 11.6. The fourth-order valence-corrected chi connectivity index (χ4v) is 1.72. The van der Waals surface area contributed by atoms with Crippen molar-refractivity contribution in [1.82, 2.24) is 5.32 Å². The number of nitrogens with one attached hydrogen (secondary N) is 1. The fourth-order valence-electron chi connectivity index (χ4n) is 1.72. The van der Waals surface area contributed by atoms with Gasteiger partial charge in [-0.05, 0) is 27.0 Å². The van der Waals surface area contributed by atoms with Gasteiger partial charge in [0.1, 0.15) is 18.5 Å². The maximum atomic E-state index is 9.59. The van der Waals surface area contributed by atoms with Crippen molar-refractivity contribution in [3.05, 3.63) is 29.3 Å². The fraction of sp³-hybridized carbons (Fsp3) is 0.571. The first-order chi connectivity index (χ1) is 8.58. The lowest BCUT2D eigenvalue weighted by molar-refractivity contribution is 0.0322. The summed E-state index contributed by atoms with van der Waals surface area (Å²) in [5, 5.41) is 12.8. The van der Waals surface area contributed by atoms with Crippen LogP contribution in [0.15, 0.2) is 18.2 Å². The van der Waals surface area contributed by atoms with E-state index in [0.29, 0.717) is 0 Å². The van der Waals surface area contributed by atoms with Crippen LogP contribution in [0.1, 0.15) is 24.1 Å². The first kappa shape index (κ1) is 15.0. The van der Waals surface area contributed by atoms with Crippen LogP contribution in [0, 0.1) is 6.92 Å². The molecule has 0 bridgehead atoms. The summed E-state index contributed by atoms with van der Waals surface area (Å²) in [6.45, 7) is 4.64. The van der Waals surface area contributed by atoms with E-state index in [-0.39, 0.29) is 19.3 Å². The second-order valence-electron chi connectivity index (χ2n) is 4.47. The highest BCUT2D eigenvalue weighted by molar-refractivity contribution is 5.38. The third-order valence-corrected chi connectivity index (χ3v) is 2.86. The maximum absolute atomic E-state index is 9.59. The van der Waals surface area contributed by atoms with Crippen molar-refractivity contribution >= 4 is 0 Å². The molecule has 0 aliphatic carbocycles. The van der Waals surface area contributed by atoms with Gasteiger partial charge in [-0.2, -0.15) is 0 Å². The van der Waals surface area contributed by atoms with Gasteiger partial charge in [-0.25, -0.2) is 0 Å². The monoisotopic (exact) mass is 253 g/mol. The van der Waals surface area contributed by atoms with Gasteiger partial charge in [-0.3, -0.25) is 0 Å². The van der Waals surface area contributed by atoms with Crippen molar-refractivity contribution in [3.8, 4) is 5.75 Å². The summed E-state index contributed by atoms with van der Waals surface area (Å²) >= 11 is 0. The number of rotatable bonds is 7. The Balaban J connectivity index is 2.75. The van der Waals surface area contributed by atoms with Crippen molar-refractivity contribution in [2.45, 2.75) is 26.0 Å². The standard InChI is InChI=1S/C14H23NO3/c1-10-5-6-14(13(7-10)11(2)15-3)18-9-12(16)8-17-4/h5-7,11-12,15-16H,8-9H2,1-4H3. The van der Waals surface area contributed by atoms with Gasteiger partial charge in [0, 0.05) is 18.7 Å². The Hall–Kier alpha value is -1.10. The number of aliphatic hydroxyl groups excluding tert-OH is 1. The van der Waals surface area contributed by atoms with E-state index in [1.54, 1.807) is 7.11 Å². The number of hydrogen-bond acceptors (Lipinski definition) is 4. The molecule has 102 valence electrons. The molecule has 0 spiro atoms. The Labute approximate surface area is 109 Å². The largest absolute Gasteiger partial charge is 0.490 e. The lowest BCUT2D eigenvalue weighted by Gasteiger charge is -2.18. The van der Waals surface area contributed by atoms with Crippen molar-refractivity contribution < 1.29 is 14.6 Å². The van der Waals surface area contributed by atoms with Crippen molar-refractivity contribution in [1.29, 1.82) is 0 Å². The molecule has 0 fully saturated rings. The quantitative estimate of drug-likeness (QED) is 0.776. The first-order valence-corrected chi connectivity index (χ1v) is 6.16. The number of methoxy groups -OCH3 is 1. The minimum atomic E-state index is -0.603. The summed E-state index contributed by atoms with van der Waals surface area (Å²) in [5.41, 5.74) is 2.29. The van der Waals surface area contributed by atoms with Gasteiger partial charge in [0.05, 0.1) is 6.61 Å². The molecule has 4 heteroatoms. The van der Waals surface area contributed by atoms with Crippen LogP contribution in [0.4, 0.5) is 0 Å². The van der Waals surface area contributed by atoms with E-state index in [1.165, 1.54) is 5.56 Å². The molecule has 2 atom stereocenters. The van der Waals surface area contributed by atoms with Crippen LogP contribution < -0.4 is 10.1 Å². The van der Waals surface area contributed by atoms with Crippen LogP contribution in [-0.2, 0) is 4.74 Å². The Morgan fingerprint density at radius 1 is 1.33 bits per heavy atom.